The predicted molar refractivity (Wildman–Crippen MR) is 48.2 cm³/mol. The van der Waals surface area contributed by atoms with Crippen molar-refractivity contribution in [2.75, 3.05) is 0 Å². The first-order chi connectivity index (χ1) is 4.84. The molecule has 1 rings (SSSR count). The molecule has 0 aromatic heterocycles. The van der Waals surface area contributed by atoms with Crippen molar-refractivity contribution in [2.45, 2.75) is 11.4 Å². The predicted octanol–water partition coefficient (Wildman–Crippen LogP) is 2.14. The second kappa shape index (κ2) is 4.24. The van der Waals surface area contributed by atoms with E-state index >= 15 is 0 Å². The molecule has 0 amide bonds. The maximum atomic E-state index is 6.19. The Hall–Kier alpha value is 0.309. The molecule has 0 saturated heterocycles. The molecule has 0 unspecified atom stereocenters. The summed E-state index contributed by atoms with van der Waals surface area (Å²) in [5.41, 5.74) is 0. The molecule has 0 fully saturated rings. The fourth-order valence-electron chi connectivity index (χ4n) is 0.823. The number of hydrogen-bond donors (Lipinski definition) is 0. The van der Waals surface area contributed by atoms with Crippen LogP contribution >= 0.6 is 8.92 Å². The summed E-state index contributed by atoms with van der Waals surface area (Å²) in [5, 5.41) is 0. The average Bonchev–Trinajstić information content (AvgIpc) is 2.05. The minimum absolute atomic E-state index is 1.19. The van der Waals surface area contributed by atoms with Gasteiger partial charge < -0.3 is 0 Å². The van der Waals surface area contributed by atoms with Crippen molar-refractivity contribution >= 4 is 31.1 Å². The summed E-state index contributed by atoms with van der Waals surface area (Å²) < 4.78 is 2.60. The van der Waals surface area contributed by atoms with Crippen LogP contribution in [0.2, 0.25) is 4.44 Å². The molecule has 0 atom stereocenters. The first-order valence-electron chi connectivity index (χ1n) is 3.41. The molecule has 0 aliphatic carbocycles. The second-order valence-corrected chi connectivity index (χ2v) is 11.2. The topological polar surface area (TPSA) is 0 Å². The molecule has 0 bridgehead atoms. The van der Waals surface area contributed by atoms with E-state index in [0.29, 0.717) is 0 Å². The molecule has 0 nitrogen and oxygen atoms in total. The molecule has 1 aromatic rings. The van der Waals surface area contributed by atoms with Gasteiger partial charge in [-0.1, -0.05) is 0 Å². The van der Waals surface area contributed by atoms with Crippen LogP contribution in [0, 0.1) is 0 Å². The van der Waals surface area contributed by atoms with Gasteiger partial charge in [-0.25, -0.2) is 0 Å². The molecule has 2 heteroatoms. The Balaban J connectivity index is 2.75. The number of rotatable bonds is 2. The number of benzene rings is 1. The van der Waals surface area contributed by atoms with Gasteiger partial charge in [0.15, 0.2) is 0 Å². The van der Waals surface area contributed by atoms with E-state index in [2.05, 4.69) is 31.2 Å². The zero-order chi connectivity index (χ0) is 7.40. The molecular weight excluding hydrogens is 250 g/mol. The standard InChI is InChI=1S/C6H5.C2H5.ClH.Sn/c1-2-4-6-5-3-1;1-2;;/h1-5H;1H2,2H3;1H;/q;;;+1/p-1. The summed E-state index contributed by atoms with van der Waals surface area (Å²) >= 11 is -1.59. The van der Waals surface area contributed by atoms with Crippen LogP contribution in [0.25, 0.3) is 0 Å². The second-order valence-electron chi connectivity index (χ2n) is 2.12. The zero-order valence-electron chi connectivity index (χ0n) is 5.97. The van der Waals surface area contributed by atoms with E-state index < -0.39 is 18.6 Å². The van der Waals surface area contributed by atoms with Crippen LogP contribution in [0.4, 0.5) is 0 Å². The maximum absolute atomic E-state index is 6.19. The first kappa shape index (κ1) is 8.41. The van der Waals surface area contributed by atoms with Crippen LogP contribution in [-0.4, -0.2) is 18.6 Å². The first-order valence-corrected chi connectivity index (χ1v) is 10.5. The Bertz CT molecular complexity index is 186. The van der Waals surface area contributed by atoms with Gasteiger partial charge in [-0.3, -0.25) is 0 Å². The molecular formula is C8H10ClSn. The number of hydrogen-bond acceptors (Lipinski definition) is 0. The normalized spacial score (nSPS) is 10.3. The Morgan fingerprint density at radius 1 is 1.30 bits per heavy atom. The molecule has 0 spiro atoms. The van der Waals surface area contributed by atoms with Crippen molar-refractivity contribution in [1.82, 2.24) is 0 Å². The summed E-state index contributed by atoms with van der Waals surface area (Å²) in [5.74, 6) is 0. The molecule has 0 saturated carbocycles. The Morgan fingerprint density at radius 2 is 1.90 bits per heavy atom. The van der Waals surface area contributed by atoms with Gasteiger partial charge in [0, 0.05) is 0 Å². The van der Waals surface area contributed by atoms with Crippen molar-refractivity contribution in [3.63, 3.8) is 0 Å². The van der Waals surface area contributed by atoms with Crippen LogP contribution in [0.3, 0.4) is 0 Å². The third-order valence-electron chi connectivity index (χ3n) is 1.40. The Labute approximate surface area is 72.7 Å². The summed E-state index contributed by atoms with van der Waals surface area (Å²) in [6.45, 7) is 2.18. The number of halogens is 1. The fraction of sp³-hybridized carbons (Fsp3) is 0.250. The van der Waals surface area contributed by atoms with Gasteiger partial charge in [0.05, 0.1) is 0 Å². The zero-order valence-corrected chi connectivity index (χ0v) is 9.58. The molecule has 0 aliphatic heterocycles. The van der Waals surface area contributed by atoms with E-state index in [1.165, 1.54) is 8.02 Å². The summed E-state index contributed by atoms with van der Waals surface area (Å²) in [7, 11) is 6.19. The third kappa shape index (κ3) is 2.17. The fourth-order valence-corrected chi connectivity index (χ4v) is 4.42. The van der Waals surface area contributed by atoms with Gasteiger partial charge in [0.25, 0.3) is 0 Å². The molecule has 0 heterocycles. The average molecular weight is 260 g/mol. The van der Waals surface area contributed by atoms with Crippen LogP contribution in [0.5, 0.6) is 0 Å². The van der Waals surface area contributed by atoms with Crippen molar-refractivity contribution < 1.29 is 0 Å². The van der Waals surface area contributed by atoms with Gasteiger partial charge in [-0.15, -0.1) is 0 Å². The monoisotopic (exact) mass is 261 g/mol. The Morgan fingerprint density at radius 3 is 2.40 bits per heavy atom. The van der Waals surface area contributed by atoms with E-state index in [1.54, 1.807) is 0 Å². The van der Waals surface area contributed by atoms with Gasteiger partial charge >= 0.3 is 72.8 Å². The summed E-state index contributed by atoms with van der Waals surface area (Å²) in [6, 6.07) is 10.4. The van der Waals surface area contributed by atoms with Crippen molar-refractivity contribution in [3.8, 4) is 0 Å². The van der Waals surface area contributed by atoms with E-state index in [1.807, 2.05) is 6.07 Å². The third-order valence-corrected chi connectivity index (χ3v) is 9.17. The van der Waals surface area contributed by atoms with E-state index in [9.17, 15) is 0 Å². The van der Waals surface area contributed by atoms with Gasteiger partial charge in [0.1, 0.15) is 0 Å². The van der Waals surface area contributed by atoms with E-state index in [0.717, 1.165) is 0 Å². The van der Waals surface area contributed by atoms with Gasteiger partial charge in [-0.2, -0.15) is 0 Å². The van der Waals surface area contributed by atoms with Crippen LogP contribution in [0.15, 0.2) is 30.3 Å². The quantitative estimate of drug-likeness (QED) is 0.715. The van der Waals surface area contributed by atoms with Crippen molar-refractivity contribution in [3.05, 3.63) is 30.3 Å². The van der Waals surface area contributed by atoms with Crippen molar-refractivity contribution in [1.29, 1.82) is 0 Å². The van der Waals surface area contributed by atoms with Crippen molar-refractivity contribution in [2.24, 2.45) is 0 Å². The molecule has 53 valence electrons. The van der Waals surface area contributed by atoms with E-state index in [-0.39, 0.29) is 0 Å². The molecule has 1 aromatic carbocycles. The van der Waals surface area contributed by atoms with Gasteiger partial charge in [0.2, 0.25) is 0 Å². The molecule has 0 aliphatic rings. The van der Waals surface area contributed by atoms with Crippen LogP contribution in [-0.2, 0) is 0 Å². The van der Waals surface area contributed by atoms with E-state index in [4.69, 9.17) is 8.92 Å². The minimum atomic E-state index is -1.59. The van der Waals surface area contributed by atoms with Gasteiger partial charge in [-0.05, 0) is 0 Å². The molecule has 0 N–H and O–H groups in total. The van der Waals surface area contributed by atoms with Crippen LogP contribution in [0.1, 0.15) is 6.92 Å². The summed E-state index contributed by atoms with van der Waals surface area (Å²) in [6.07, 6.45) is 0. The molecule has 10 heavy (non-hydrogen) atoms. The Kier molecular flexibility index (Phi) is 3.57. The SMILES string of the molecule is C[CH2][Sn]([Cl])[c]1ccccc1. The summed E-state index contributed by atoms with van der Waals surface area (Å²) in [4.78, 5) is 0. The van der Waals surface area contributed by atoms with Crippen LogP contribution < -0.4 is 3.58 Å². The molecule has 1 radical (unpaired) electrons.